The monoisotopic (exact) mass is 443 g/mol. The van der Waals surface area contributed by atoms with Crippen molar-refractivity contribution in [2.24, 2.45) is 0 Å². The number of fused-ring (bicyclic) bond motifs is 1. The number of urea groups is 1. The highest BCUT2D eigenvalue weighted by Gasteiger charge is 2.21. The molecule has 4 rings (SSSR count). The molecule has 0 aliphatic heterocycles. The van der Waals surface area contributed by atoms with Crippen LogP contribution in [0.2, 0.25) is 0 Å². The summed E-state index contributed by atoms with van der Waals surface area (Å²) in [7, 11) is 3.24. The molecule has 0 fully saturated rings. The van der Waals surface area contributed by atoms with Crippen molar-refractivity contribution in [1.29, 1.82) is 0 Å². The van der Waals surface area contributed by atoms with Gasteiger partial charge in [-0.2, -0.15) is 0 Å². The Morgan fingerprint density at radius 3 is 2.52 bits per heavy atom. The van der Waals surface area contributed by atoms with E-state index in [2.05, 4.69) is 21.7 Å². The van der Waals surface area contributed by atoms with E-state index in [0.29, 0.717) is 18.0 Å². The molecule has 4 aromatic rings. The standard InChI is InChI=1S/C27H29N3O3/c1-17-9-11-23(18(2)13-17)30-27(31)29-15-21(19-10-12-25(32-3)26(14-19)33-4)22-16-28-24-8-6-5-7-20(22)24/h5-14,16,21,28H,15H2,1-4H3,(H2,29,30,31). The lowest BCUT2D eigenvalue weighted by Crippen LogP contribution is -2.33. The van der Waals surface area contributed by atoms with Crippen LogP contribution in [0.15, 0.2) is 66.9 Å². The van der Waals surface area contributed by atoms with E-state index in [0.717, 1.165) is 38.8 Å². The first-order valence-electron chi connectivity index (χ1n) is 10.9. The van der Waals surface area contributed by atoms with Gasteiger partial charge in [-0.1, -0.05) is 42.0 Å². The largest absolute Gasteiger partial charge is 0.493 e. The maximum atomic E-state index is 12.8. The number of hydrogen-bond acceptors (Lipinski definition) is 3. The summed E-state index contributed by atoms with van der Waals surface area (Å²) in [5, 5.41) is 7.14. The van der Waals surface area contributed by atoms with E-state index < -0.39 is 0 Å². The number of H-pyrrole nitrogens is 1. The number of methoxy groups -OCH3 is 2. The van der Waals surface area contributed by atoms with Gasteiger partial charge in [0.1, 0.15) is 0 Å². The molecule has 170 valence electrons. The molecule has 0 radical (unpaired) electrons. The maximum absolute atomic E-state index is 12.8. The number of aryl methyl sites for hydroxylation is 2. The average Bonchev–Trinajstić information content (AvgIpc) is 3.25. The smallest absolute Gasteiger partial charge is 0.319 e. The van der Waals surface area contributed by atoms with Gasteiger partial charge in [0.25, 0.3) is 0 Å². The first kappa shape index (κ1) is 22.3. The van der Waals surface area contributed by atoms with E-state index in [9.17, 15) is 4.79 Å². The quantitative estimate of drug-likeness (QED) is 0.340. The van der Waals surface area contributed by atoms with Crippen LogP contribution in [0.25, 0.3) is 10.9 Å². The second-order valence-corrected chi connectivity index (χ2v) is 8.11. The number of aromatic nitrogens is 1. The van der Waals surface area contributed by atoms with Crippen molar-refractivity contribution in [3.63, 3.8) is 0 Å². The van der Waals surface area contributed by atoms with Gasteiger partial charge in [0.2, 0.25) is 0 Å². The molecular formula is C27H29N3O3. The molecule has 0 saturated heterocycles. The van der Waals surface area contributed by atoms with Gasteiger partial charge in [0.15, 0.2) is 11.5 Å². The van der Waals surface area contributed by atoms with Gasteiger partial charge in [-0.05, 0) is 54.8 Å². The molecule has 0 aliphatic rings. The van der Waals surface area contributed by atoms with Crippen LogP contribution in [0.4, 0.5) is 10.5 Å². The normalized spacial score (nSPS) is 11.8. The zero-order valence-electron chi connectivity index (χ0n) is 19.4. The third kappa shape index (κ3) is 4.80. The number of ether oxygens (including phenoxy) is 2. The minimum atomic E-state index is -0.243. The number of anilines is 1. The summed E-state index contributed by atoms with van der Waals surface area (Å²) >= 11 is 0. The fourth-order valence-corrected chi connectivity index (χ4v) is 4.17. The summed E-state index contributed by atoms with van der Waals surface area (Å²) < 4.78 is 10.9. The number of rotatable bonds is 7. The van der Waals surface area contributed by atoms with Crippen LogP contribution >= 0.6 is 0 Å². The Labute approximate surface area is 193 Å². The summed E-state index contributed by atoms with van der Waals surface area (Å²) in [5.41, 5.74) is 6.16. The van der Waals surface area contributed by atoms with E-state index >= 15 is 0 Å². The van der Waals surface area contributed by atoms with Gasteiger partial charge in [0.05, 0.1) is 14.2 Å². The van der Waals surface area contributed by atoms with Crippen LogP contribution in [0.1, 0.15) is 28.2 Å². The number of benzene rings is 3. The summed E-state index contributed by atoms with van der Waals surface area (Å²) in [5.74, 6) is 1.23. The highest BCUT2D eigenvalue weighted by Crippen LogP contribution is 2.35. The SMILES string of the molecule is COc1ccc(C(CNC(=O)Nc2ccc(C)cc2C)c2c[nH]c3ccccc23)cc1OC. The molecule has 0 saturated carbocycles. The minimum Gasteiger partial charge on any atom is -0.493 e. The fraction of sp³-hybridized carbons (Fsp3) is 0.222. The van der Waals surface area contributed by atoms with E-state index in [1.54, 1.807) is 14.2 Å². The van der Waals surface area contributed by atoms with Crippen LogP contribution < -0.4 is 20.1 Å². The number of carbonyl (C=O) groups excluding carboxylic acids is 1. The average molecular weight is 444 g/mol. The van der Waals surface area contributed by atoms with E-state index in [-0.39, 0.29) is 11.9 Å². The van der Waals surface area contributed by atoms with Gasteiger partial charge in [0, 0.05) is 35.2 Å². The van der Waals surface area contributed by atoms with Crippen molar-refractivity contribution in [3.05, 3.63) is 89.1 Å². The summed E-state index contributed by atoms with van der Waals surface area (Å²) in [4.78, 5) is 16.1. The molecular weight excluding hydrogens is 414 g/mol. The molecule has 1 unspecified atom stereocenters. The van der Waals surface area contributed by atoms with Crippen LogP contribution in [0.3, 0.4) is 0 Å². The van der Waals surface area contributed by atoms with E-state index in [1.807, 2.05) is 74.6 Å². The Bertz CT molecular complexity index is 1280. The lowest BCUT2D eigenvalue weighted by Gasteiger charge is -2.20. The molecule has 33 heavy (non-hydrogen) atoms. The maximum Gasteiger partial charge on any atom is 0.319 e. The number of carbonyl (C=O) groups is 1. The van der Waals surface area contributed by atoms with Gasteiger partial charge in [-0.25, -0.2) is 4.79 Å². The van der Waals surface area contributed by atoms with Crippen molar-refractivity contribution in [1.82, 2.24) is 10.3 Å². The molecule has 0 aliphatic carbocycles. The Kier molecular flexibility index (Phi) is 6.54. The highest BCUT2D eigenvalue weighted by molar-refractivity contribution is 5.90. The summed E-state index contributed by atoms with van der Waals surface area (Å²) in [6.07, 6.45) is 2.01. The Morgan fingerprint density at radius 2 is 1.76 bits per heavy atom. The Hall–Kier alpha value is -3.93. The van der Waals surface area contributed by atoms with Crippen LogP contribution in [0, 0.1) is 13.8 Å². The Morgan fingerprint density at radius 1 is 0.970 bits per heavy atom. The second-order valence-electron chi connectivity index (χ2n) is 8.11. The molecule has 1 aromatic heterocycles. The van der Waals surface area contributed by atoms with Crippen molar-refractivity contribution < 1.29 is 14.3 Å². The number of aromatic amines is 1. The minimum absolute atomic E-state index is 0.0918. The Balaban J connectivity index is 1.62. The molecule has 6 nitrogen and oxygen atoms in total. The number of amides is 2. The lowest BCUT2D eigenvalue weighted by molar-refractivity contribution is 0.252. The van der Waals surface area contributed by atoms with Crippen molar-refractivity contribution in [3.8, 4) is 11.5 Å². The number of nitrogens with one attached hydrogen (secondary N) is 3. The van der Waals surface area contributed by atoms with Crippen molar-refractivity contribution in [2.75, 3.05) is 26.1 Å². The van der Waals surface area contributed by atoms with Gasteiger partial charge in [-0.3, -0.25) is 0 Å². The lowest BCUT2D eigenvalue weighted by atomic mass is 9.90. The predicted molar refractivity (Wildman–Crippen MR) is 133 cm³/mol. The summed E-state index contributed by atoms with van der Waals surface area (Å²) in [6.45, 7) is 4.43. The summed E-state index contributed by atoms with van der Waals surface area (Å²) in [6, 6.07) is 19.8. The highest BCUT2D eigenvalue weighted by atomic mass is 16.5. The van der Waals surface area contributed by atoms with Crippen LogP contribution in [0.5, 0.6) is 11.5 Å². The number of hydrogen-bond donors (Lipinski definition) is 3. The topological polar surface area (TPSA) is 75.4 Å². The molecule has 0 spiro atoms. The predicted octanol–water partition coefficient (Wildman–Crippen LogP) is 5.76. The first-order chi connectivity index (χ1) is 16.0. The molecule has 3 N–H and O–H groups in total. The molecule has 3 aromatic carbocycles. The number of para-hydroxylation sites is 1. The zero-order chi connectivity index (χ0) is 23.4. The second kappa shape index (κ2) is 9.69. The molecule has 1 heterocycles. The van der Waals surface area contributed by atoms with Crippen LogP contribution in [-0.2, 0) is 0 Å². The fourth-order valence-electron chi connectivity index (χ4n) is 4.17. The van der Waals surface area contributed by atoms with E-state index in [1.165, 1.54) is 0 Å². The van der Waals surface area contributed by atoms with Gasteiger partial charge < -0.3 is 25.1 Å². The van der Waals surface area contributed by atoms with Gasteiger partial charge in [-0.15, -0.1) is 0 Å². The first-order valence-corrected chi connectivity index (χ1v) is 10.9. The van der Waals surface area contributed by atoms with Crippen LogP contribution in [-0.4, -0.2) is 31.8 Å². The van der Waals surface area contributed by atoms with E-state index in [4.69, 9.17) is 9.47 Å². The molecule has 0 bridgehead atoms. The third-order valence-electron chi connectivity index (χ3n) is 5.90. The van der Waals surface area contributed by atoms with Crippen molar-refractivity contribution >= 4 is 22.6 Å². The van der Waals surface area contributed by atoms with Crippen molar-refractivity contribution in [2.45, 2.75) is 19.8 Å². The molecule has 1 atom stereocenters. The zero-order valence-corrected chi connectivity index (χ0v) is 19.4. The molecule has 6 heteroatoms. The molecule has 2 amide bonds. The van der Waals surface area contributed by atoms with Gasteiger partial charge >= 0.3 is 6.03 Å². The third-order valence-corrected chi connectivity index (χ3v) is 5.90.